The van der Waals surface area contributed by atoms with Crippen molar-refractivity contribution in [3.63, 3.8) is 0 Å². The first kappa shape index (κ1) is 21.6. The fraction of sp³-hybridized carbons (Fsp3) is 0.450. The standard InChI is InChI=1S/C20H23N7O6/c28-8-14-16(29)17(30)20(33-14)25-10-24-15-18(25)22-9-23-19(15)26(13-5-6-21-7-13)11-1-3-12(4-2-11)27(31)32/h1-4,9-10,13-14,16-17,20-21,28-30H,5-8H2/t13-,14+,16+,17+,20+/m0/s1. The number of aliphatic hydroxyl groups is 3. The molecule has 0 aliphatic carbocycles. The summed E-state index contributed by atoms with van der Waals surface area (Å²) in [6.45, 7) is 1.07. The zero-order chi connectivity index (χ0) is 23.1. The van der Waals surface area contributed by atoms with Gasteiger partial charge in [-0.1, -0.05) is 0 Å². The van der Waals surface area contributed by atoms with Gasteiger partial charge in [0.2, 0.25) is 0 Å². The average molecular weight is 457 g/mol. The Morgan fingerprint density at radius 2 is 2.00 bits per heavy atom. The molecule has 4 heterocycles. The number of fused-ring (bicyclic) bond motifs is 1. The number of non-ortho nitro benzene ring substituents is 1. The van der Waals surface area contributed by atoms with Crippen molar-refractivity contribution in [1.82, 2.24) is 24.8 Å². The molecule has 174 valence electrons. The van der Waals surface area contributed by atoms with Crippen molar-refractivity contribution in [3.05, 3.63) is 47.0 Å². The number of hydrogen-bond donors (Lipinski definition) is 4. The molecule has 13 heteroatoms. The summed E-state index contributed by atoms with van der Waals surface area (Å²) in [4.78, 5) is 25.9. The number of hydrogen-bond acceptors (Lipinski definition) is 11. The van der Waals surface area contributed by atoms with Gasteiger partial charge in [0.25, 0.3) is 5.69 Å². The molecule has 2 aliphatic rings. The number of aliphatic hydroxyl groups excluding tert-OH is 3. The van der Waals surface area contributed by atoms with Gasteiger partial charge in [-0.15, -0.1) is 0 Å². The number of benzene rings is 1. The molecular formula is C20H23N7O6. The van der Waals surface area contributed by atoms with E-state index in [0.29, 0.717) is 23.5 Å². The highest BCUT2D eigenvalue weighted by Gasteiger charge is 2.44. The number of aromatic nitrogens is 4. The molecule has 13 nitrogen and oxygen atoms in total. The topological polar surface area (TPSA) is 172 Å². The Hall–Kier alpha value is -3.23. The molecule has 2 saturated heterocycles. The first-order valence-electron chi connectivity index (χ1n) is 10.5. The molecule has 0 radical (unpaired) electrons. The summed E-state index contributed by atoms with van der Waals surface area (Å²) in [6, 6.07) is 6.27. The van der Waals surface area contributed by atoms with Crippen LogP contribution in [0.25, 0.3) is 11.2 Å². The van der Waals surface area contributed by atoms with Crippen molar-refractivity contribution in [2.75, 3.05) is 24.6 Å². The molecule has 0 amide bonds. The molecule has 2 aliphatic heterocycles. The molecule has 2 fully saturated rings. The van der Waals surface area contributed by atoms with Gasteiger partial charge in [-0.05, 0) is 25.1 Å². The van der Waals surface area contributed by atoms with Crippen LogP contribution in [0.2, 0.25) is 0 Å². The Balaban J connectivity index is 1.58. The number of imidazole rings is 1. The summed E-state index contributed by atoms with van der Waals surface area (Å²) in [5.41, 5.74) is 1.54. The number of nitrogens with one attached hydrogen (secondary N) is 1. The van der Waals surface area contributed by atoms with Gasteiger partial charge < -0.3 is 30.3 Å². The molecule has 1 aromatic carbocycles. The van der Waals surface area contributed by atoms with Gasteiger partial charge in [-0.2, -0.15) is 0 Å². The molecule has 3 aromatic rings. The van der Waals surface area contributed by atoms with Gasteiger partial charge >= 0.3 is 0 Å². The summed E-state index contributed by atoms with van der Waals surface area (Å²) in [6.07, 6.45) is -0.779. The summed E-state index contributed by atoms with van der Waals surface area (Å²) >= 11 is 0. The van der Waals surface area contributed by atoms with E-state index in [2.05, 4.69) is 20.3 Å². The normalized spacial score (nSPS) is 27.3. The second-order valence-corrected chi connectivity index (χ2v) is 8.04. The molecule has 0 spiro atoms. The Kier molecular flexibility index (Phi) is 5.64. The minimum atomic E-state index is -1.28. The molecule has 2 aromatic heterocycles. The van der Waals surface area contributed by atoms with Crippen LogP contribution >= 0.6 is 0 Å². The smallest absolute Gasteiger partial charge is 0.269 e. The van der Waals surface area contributed by atoms with Crippen LogP contribution in [0.3, 0.4) is 0 Å². The van der Waals surface area contributed by atoms with Crippen LogP contribution in [0.4, 0.5) is 17.2 Å². The fourth-order valence-electron chi connectivity index (χ4n) is 4.41. The van der Waals surface area contributed by atoms with Crippen molar-refractivity contribution in [2.45, 2.75) is 37.0 Å². The van der Waals surface area contributed by atoms with Crippen LogP contribution in [-0.4, -0.2) is 83.8 Å². The third-order valence-electron chi connectivity index (χ3n) is 6.10. The molecule has 4 N–H and O–H groups in total. The summed E-state index contributed by atoms with van der Waals surface area (Å²) in [5.74, 6) is 0.507. The SMILES string of the molecule is O=[N+]([O-])c1ccc(N(c2ncnc3c2ncn3[C@@H]2O[C@H](CO)[C@@H](O)[C@H]2O)[C@H]2CCNC2)cc1. The van der Waals surface area contributed by atoms with E-state index >= 15 is 0 Å². The maximum Gasteiger partial charge on any atom is 0.269 e. The van der Waals surface area contributed by atoms with E-state index < -0.39 is 36.1 Å². The lowest BCUT2D eigenvalue weighted by molar-refractivity contribution is -0.384. The van der Waals surface area contributed by atoms with E-state index in [1.54, 1.807) is 12.1 Å². The molecule has 0 saturated carbocycles. The lowest BCUT2D eigenvalue weighted by Crippen LogP contribution is -2.34. The van der Waals surface area contributed by atoms with Gasteiger partial charge in [0.05, 0.1) is 17.9 Å². The Morgan fingerprint density at radius 3 is 2.64 bits per heavy atom. The lowest BCUT2D eigenvalue weighted by Gasteiger charge is -2.29. The third kappa shape index (κ3) is 3.69. The number of ether oxygens (including phenoxy) is 1. The maximum atomic E-state index is 11.1. The van der Waals surface area contributed by atoms with E-state index in [1.807, 2.05) is 4.90 Å². The van der Waals surface area contributed by atoms with Crippen LogP contribution in [0.15, 0.2) is 36.9 Å². The first-order valence-corrected chi connectivity index (χ1v) is 10.5. The molecular weight excluding hydrogens is 434 g/mol. The minimum absolute atomic E-state index is 0.00951. The number of rotatable bonds is 6. The lowest BCUT2D eigenvalue weighted by atomic mass is 10.1. The number of nitro groups is 1. The van der Waals surface area contributed by atoms with E-state index in [4.69, 9.17) is 4.74 Å². The zero-order valence-electron chi connectivity index (χ0n) is 17.4. The molecule has 33 heavy (non-hydrogen) atoms. The van der Waals surface area contributed by atoms with Crippen LogP contribution in [0, 0.1) is 10.1 Å². The van der Waals surface area contributed by atoms with Crippen LogP contribution in [0.5, 0.6) is 0 Å². The van der Waals surface area contributed by atoms with E-state index in [9.17, 15) is 25.4 Å². The Labute approximate surface area is 187 Å². The second kappa shape index (κ2) is 8.61. The monoisotopic (exact) mass is 457 g/mol. The van der Waals surface area contributed by atoms with Crippen molar-refractivity contribution >= 4 is 28.4 Å². The second-order valence-electron chi connectivity index (χ2n) is 8.04. The summed E-state index contributed by atoms with van der Waals surface area (Å²) in [7, 11) is 0. The van der Waals surface area contributed by atoms with Crippen LogP contribution in [0.1, 0.15) is 12.6 Å². The van der Waals surface area contributed by atoms with Crippen molar-refractivity contribution in [3.8, 4) is 0 Å². The molecule has 0 bridgehead atoms. The largest absolute Gasteiger partial charge is 0.394 e. The van der Waals surface area contributed by atoms with Gasteiger partial charge in [0.15, 0.2) is 23.2 Å². The third-order valence-corrected chi connectivity index (χ3v) is 6.10. The highest BCUT2D eigenvalue weighted by Crippen LogP contribution is 2.36. The fourth-order valence-corrected chi connectivity index (χ4v) is 4.41. The predicted molar refractivity (Wildman–Crippen MR) is 115 cm³/mol. The molecule has 5 atom stereocenters. The number of nitrogens with zero attached hydrogens (tertiary/aromatic N) is 6. The van der Waals surface area contributed by atoms with Crippen molar-refractivity contribution < 1.29 is 25.0 Å². The van der Waals surface area contributed by atoms with Gasteiger partial charge in [-0.25, -0.2) is 15.0 Å². The maximum absolute atomic E-state index is 11.1. The summed E-state index contributed by atoms with van der Waals surface area (Å²) in [5, 5.41) is 44.4. The average Bonchev–Trinajstić information content (AvgIpc) is 3.56. The van der Waals surface area contributed by atoms with Crippen LogP contribution < -0.4 is 10.2 Å². The quantitative estimate of drug-likeness (QED) is 0.286. The molecule has 5 rings (SSSR count). The van der Waals surface area contributed by atoms with Crippen molar-refractivity contribution in [2.24, 2.45) is 0 Å². The van der Waals surface area contributed by atoms with E-state index in [-0.39, 0.29) is 11.7 Å². The van der Waals surface area contributed by atoms with E-state index in [1.165, 1.54) is 29.4 Å². The highest BCUT2D eigenvalue weighted by molar-refractivity contribution is 5.86. The van der Waals surface area contributed by atoms with Crippen molar-refractivity contribution in [1.29, 1.82) is 0 Å². The zero-order valence-corrected chi connectivity index (χ0v) is 17.4. The highest BCUT2D eigenvalue weighted by atomic mass is 16.6. The number of nitro benzene ring substituents is 1. The van der Waals surface area contributed by atoms with Gasteiger partial charge in [-0.3, -0.25) is 14.7 Å². The molecule has 0 unspecified atom stereocenters. The van der Waals surface area contributed by atoms with Crippen LogP contribution in [-0.2, 0) is 4.74 Å². The summed E-state index contributed by atoms with van der Waals surface area (Å²) < 4.78 is 7.14. The minimum Gasteiger partial charge on any atom is -0.394 e. The first-order chi connectivity index (χ1) is 16.0. The van der Waals surface area contributed by atoms with E-state index in [0.717, 1.165) is 18.7 Å². The van der Waals surface area contributed by atoms with Gasteiger partial charge in [0.1, 0.15) is 24.6 Å². The number of anilines is 2. The Bertz CT molecular complexity index is 1150. The predicted octanol–water partition coefficient (Wildman–Crippen LogP) is -0.154. The Morgan fingerprint density at radius 1 is 1.21 bits per heavy atom. The van der Waals surface area contributed by atoms with Gasteiger partial charge in [0, 0.05) is 30.4 Å².